The number of methoxy groups -OCH3 is 5. The van der Waals surface area contributed by atoms with Crippen LogP contribution in [0.15, 0.2) is 35.4 Å². The lowest BCUT2D eigenvalue weighted by atomic mass is 10.2. The normalized spacial score (nSPS) is 10.4. The summed E-state index contributed by atoms with van der Waals surface area (Å²) < 4.78 is 26.2. The van der Waals surface area contributed by atoms with Gasteiger partial charge in [0.15, 0.2) is 23.0 Å². The van der Waals surface area contributed by atoms with E-state index >= 15 is 0 Å². The molecule has 8 heteroatoms. The van der Waals surface area contributed by atoms with Gasteiger partial charge in [0.1, 0.15) is 0 Å². The van der Waals surface area contributed by atoms with Crippen molar-refractivity contribution in [2.45, 2.75) is 0 Å². The Morgan fingerprint density at radius 3 is 1.93 bits per heavy atom. The molecule has 144 valence electrons. The molecule has 27 heavy (non-hydrogen) atoms. The van der Waals surface area contributed by atoms with Gasteiger partial charge in [-0.15, -0.1) is 0 Å². The zero-order chi connectivity index (χ0) is 19.8. The Hall–Kier alpha value is -3.42. The maximum atomic E-state index is 12.3. The zero-order valence-electron chi connectivity index (χ0n) is 15.9. The van der Waals surface area contributed by atoms with Crippen LogP contribution in [-0.2, 0) is 0 Å². The predicted octanol–water partition coefficient (Wildman–Crippen LogP) is 2.49. The second-order valence-corrected chi connectivity index (χ2v) is 5.23. The molecule has 0 bridgehead atoms. The largest absolute Gasteiger partial charge is 0.493 e. The number of rotatable bonds is 8. The Bertz CT molecular complexity index is 810. The summed E-state index contributed by atoms with van der Waals surface area (Å²) in [6.07, 6.45) is 1.48. The summed E-state index contributed by atoms with van der Waals surface area (Å²) in [4.78, 5) is 12.3. The molecule has 0 saturated heterocycles. The van der Waals surface area contributed by atoms with E-state index in [4.69, 9.17) is 23.7 Å². The smallest absolute Gasteiger partial charge is 0.271 e. The highest BCUT2D eigenvalue weighted by atomic mass is 16.5. The zero-order valence-corrected chi connectivity index (χ0v) is 15.9. The Morgan fingerprint density at radius 2 is 1.41 bits per heavy atom. The van der Waals surface area contributed by atoms with Gasteiger partial charge in [-0.3, -0.25) is 4.79 Å². The van der Waals surface area contributed by atoms with Gasteiger partial charge in [-0.2, -0.15) is 5.10 Å². The van der Waals surface area contributed by atoms with E-state index in [-0.39, 0.29) is 5.91 Å². The Kier molecular flexibility index (Phi) is 6.87. The quantitative estimate of drug-likeness (QED) is 0.564. The molecule has 0 aliphatic heterocycles. The van der Waals surface area contributed by atoms with Crippen LogP contribution in [0, 0.1) is 0 Å². The van der Waals surface area contributed by atoms with Crippen molar-refractivity contribution in [3.63, 3.8) is 0 Å². The molecule has 0 radical (unpaired) electrons. The average molecular weight is 374 g/mol. The summed E-state index contributed by atoms with van der Waals surface area (Å²) in [6.45, 7) is 0. The molecule has 1 N–H and O–H groups in total. The van der Waals surface area contributed by atoms with E-state index in [1.54, 1.807) is 30.3 Å². The Labute approximate surface area is 157 Å². The molecule has 2 rings (SSSR count). The van der Waals surface area contributed by atoms with E-state index in [1.165, 1.54) is 41.8 Å². The molecule has 0 atom stereocenters. The molecule has 0 aromatic heterocycles. The number of benzene rings is 2. The van der Waals surface area contributed by atoms with Gasteiger partial charge >= 0.3 is 0 Å². The van der Waals surface area contributed by atoms with Crippen LogP contribution in [0.3, 0.4) is 0 Å². The third-order valence-electron chi connectivity index (χ3n) is 3.71. The summed E-state index contributed by atoms with van der Waals surface area (Å²) >= 11 is 0. The van der Waals surface area contributed by atoms with Crippen LogP contribution in [0.25, 0.3) is 0 Å². The third kappa shape index (κ3) is 4.60. The molecule has 8 nitrogen and oxygen atoms in total. The van der Waals surface area contributed by atoms with Crippen LogP contribution in [0.1, 0.15) is 15.9 Å². The number of carbonyl (C=O) groups excluding carboxylic acids is 1. The van der Waals surface area contributed by atoms with Crippen molar-refractivity contribution in [3.05, 3.63) is 41.5 Å². The fourth-order valence-corrected chi connectivity index (χ4v) is 2.38. The maximum Gasteiger partial charge on any atom is 0.271 e. The molecule has 2 aromatic carbocycles. The van der Waals surface area contributed by atoms with E-state index < -0.39 is 0 Å². The van der Waals surface area contributed by atoms with Gasteiger partial charge in [0, 0.05) is 11.1 Å². The lowest BCUT2D eigenvalue weighted by Crippen LogP contribution is -2.17. The van der Waals surface area contributed by atoms with Crippen molar-refractivity contribution in [2.24, 2.45) is 5.10 Å². The topological polar surface area (TPSA) is 87.6 Å². The van der Waals surface area contributed by atoms with Crippen molar-refractivity contribution in [3.8, 4) is 28.7 Å². The van der Waals surface area contributed by atoms with Crippen molar-refractivity contribution >= 4 is 12.1 Å². The number of ether oxygens (including phenoxy) is 5. The number of hydrogen-bond acceptors (Lipinski definition) is 7. The van der Waals surface area contributed by atoms with Crippen LogP contribution in [-0.4, -0.2) is 47.7 Å². The van der Waals surface area contributed by atoms with Crippen LogP contribution in [0.5, 0.6) is 28.7 Å². The van der Waals surface area contributed by atoms with Crippen molar-refractivity contribution < 1.29 is 28.5 Å². The summed E-state index contributed by atoms with van der Waals surface area (Å²) in [5, 5.41) is 3.97. The lowest BCUT2D eigenvalue weighted by molar-refractivity contribution is 0.0954. The molecule has 0 unspecified atom stereocenters. The van der Waals surface area contributed by atoms with Crippen LogP contribution in [0.4, 0.5) is 0 Å². The van der Waals surface area contributed by atoms with Crippen molar-refractivity contribution in [1.29, 1.82) is 0 Å². The fourth-order valence-electron chi connectivity index (χ4n) is 2.38. The highest BCUT2D eigenvalue weighted by molar-refractivity contribution is 5.95. The minimum absolute atomic E-state index is 0.384. The molecule has 2 aromatic rings. The van der Waals surface area contributed by atoms with Gasteiger partial charge in [-0.1, -0.05) is 0 Å². The first-order valence-electron chi connectivity index (χ1n) is 7.93. The Morgan fingerprint density at radius 1 is 0.815 bits per heavy atom. The van der Waals surface area contributed by atoms with E-state index in [2.05, 4.69) is 10.5 Å². The number of hydrogen-bond donors (Lipinski definition) is 1. The minimum Gasteiger partial charge on any atom is -0.493 e. The fraction of sp³-hybridized carbons (Fsp3) is 0.263. The van der Waals surface area contributed by atoms with Gasteiger partial charge in [0.2, 0.25) is 5.75 Å². The molecular weight excluding hydrogens is 352 g/mol. The van der Waals surface area contributed by atoms with Crippen LogP contribution < -0.4 is 29.1 Å². The number of amides is 1. The molecule has 0 saturated carbocycles. The molecular formula is C19H22N2O6. The molecule has 0 fully saturated rings. The van der Waals surface area contributed by atoms with E-state index in [1.807, 2.05) is 0 Å². The summed E-state index contributed by atoms with van der Waals surface area (Å²) in [7, 11) is 7.60. The third-order valence-corrected chi connectivity index (χ3v) is 3.71. The first-order valence-corrected chi connectivity index (χ1v) is 7.93. The first kappa shape index (κ1) is 19.9. The van der Waals surface area contributed by atoms with Crippen molar-refractivity contribution in [1.82, 2.24) is 5.43 Å². The van der Waals surface area contributed by atoms with Gasteiger partial charge in [0.25, 0.3) is 5.91 Å². The average Bonchev–Trinajstić information content (AvgIpc) is 2.72. The van der Waals surface area contributed by atoms with Gasteiger partial charge in [0.05, 0.1) is 41.8 Å². The molecule has 0 spiro atoms. The SMILES string of the molecule is COc1ccc(C(=O)N/N=C\c2cc(OC)c(OC)c(OC)c2)cc1OC. The number of nitrogens with one attached hydrogen (secondary N) is 1. The standard InChI is InChI=1S/C19H22N2O6/c1-23-14-7-6-13(10-15(14)24-2)19(22)21-20-11-12-8-16(25-3)18(27-5)17(9-12)26-4/h6-11H,1-5H3,(H,21,22)/b20-11-. The van der Waals surface area contributed by atoms with Gasteiger partial charge in [-0.05, 0) is 30.3 Å². The van der Waals surface area contributed by atoms with Gasteiger partial charge in [-0.25, -0.2) is 5.43 Å². The second-order valence-electron chi connectivity index (χ2n) is 5.23. The molecule has 0 aliphatic rings. The van der Waals surface area contributed by atoms with E-state index in [0.29, 0.717) is 39.9 Å². The molecule has 1 amide bonds. The summed E-state index contributed by atoms with van der Waals surface area (Å²) in [5.41, 5.74) is 3.51. The second kappa shape index (κ2) is 9.33. The first-order chi connectivity index (χ1) is 13.1. The van der Waals surface area contributed by atoms with Crippen LogP contribution >= 0.6 is 0 Å². The molecule has 0 heterocycles. The number of carbonyl (C=O) groups is 1. The molecule has 0 aliphatic carbocycles. The highest BCUT2D eigenvalue weighted by Gasteiger charge is 2.13. The monoisotopic (exact) mass is 374 g/mol. The van der Waals surface area contributed by atoms with E-state index in [9.17, 15) is 4.79 Å². The van der Waals surface area contributed by atoms with Crippen molar-refractivity contribution in [2.75, 3.05) is 35.5 Å². The lowest BCUT2D eigenvalue weighted by Gasteiger charge is -2.12. The van der Waals surface area contributed by atoms with E-state index in [0.717, 1.165) is 0 Å². The number of hydrazone groups is 1. The Balaban J connectivity index is 2.16. The predicted molar refractivity (Wildman–Crippen MR) is 101 cm³/mol. The highest BCUT2D eigenvalue weighted by Crippen LogP contribution is 2.37. The summed E-state index contributed by atoms with van der Waals surface area (Å²) in [5.74, 6) is 2.06. The summed E-state index contributed by atoms with van der Waals surface area (Å²) in [6, 6.07) is 8.27. The van der Waals surface area contributed by atoms with Gasteiger partial charge < -0.3 is 23.7 Å². The van der Waals surface area contributed by atoms with Crippen LogP contribution in [0.2, 0.25) is 0 Å². The minimum atomic E-state index is -0.389. The maximum absolute atomic E-state index is 12.3. The number of nitrogens with zero attached hydrogens (tertiary/aromatic N) is 1.